The topological polar surface area (TPSA) is 9.86 Å². The number of para-hydroxylation sites is 1. The standard InChI is InChI=1S/C50H30N2/c1-2-12-33-28-36(23-20-31(33)10-1)51-47-26-21-35(30-44(47)42-25-24-41-38-15-5-6-17-40(38)49(41)50(42)51)34-22-27-48-43(29-34)39-16-7-8-18-46(39)52(48)45-19-9-13-32-11-3-4-14-37(32)45/h1-30H. The minimum atomic E-state index is 1.19. The molecule has 1 aliphatic carbocycles. The van der Waals surface area contributed by atoms with E-state index >= 15 is 0 Å². The largest absolute Gasteiger partial charge is 0.309 e. The zero-order valence-corrected chi connectivity index (χ0v) is 28.2. The Bertz CT molecular complexity index is 3290. The van der Waals surface area contributed by atoms with Crippen molar-refractivity contribution in [2.45, 2.75) is 0 Å². The minimum absolute atomic E-state index is 1.19. The van der Waals surface area contributed by atoms with Crippen LogP contribution in [0.3, 0.4) is 0 Å². The van der Waals surface area contributed by atoms with Gasteiger partial charge in [0, 0.05) is 38.2 Å². The maximum Gasteiger partial charge on any atom is 0.0625 e. The number of rotatable bonds is 3. The van der Waals surface area contributed by atoms with Gasteiger partial charge in [-0.3, -0.25) is 0 Å². The van der Waals surface area contributed by atoms with E-state index in [0.717, 1.165) is 0 Å². The molecule has 52 heavy (non-hydrogen) atoms. The molecule has 2 nitrogen and oxygen atoms in total. The van der Waals surface area contributed by atoms with Gasteiger partial charge < -0.3 is 9.13 Å². The second-order valence-corrected chi connectivity index (χ2v) is 14.1. The second kappa shape index (κ2) is 10.3. The molecular formula is C50H30N2. The van der Waals surface area contributed by atoms with Gasteiger partial charge in [-0.15, -0.1) is 0 Å². The average molecular weight is 659 g/mol. The Labute approximate surface area is 300 Å². The van der Waals surface area contributed by atoms with Crippen LogP contribution in [0.2, 0.25) is 0 Å². The summed E-state index contributed by atoms with van der Waals surface area (Å²) in [6.07, 6.45) is 0. The van der Waals surface area contributed by atoms with Crippen LogP contribution in [0.15, 0.2) is 182 Å². The second-order valence-electron chi connectivity index (χ2n) is 14.1. The molecule has 0 fully saturated rings. The van der Waals surface area contributed by atoms with E-state index < -0.39 is 0 Å². The molecule has 0 radical (unpaired) electrons. The van der Waals surface area contributed by atoms with E-state index in [1.165, 1.54) is 110 Å². The molecule has 1 aliphatic rings. The molecule has 0 bridgehead atoms. The Morgan fingerprint density at radius 2 is 0.942 bits per heavy atom. The molecule has 0 amide bonds. The Morgan fingerprint density at radius 1 is 0.308 bits per heavy atom. The third kappa shape index (κ3) is 3.73. The lowest BCUT2D eigenvalue weighted by Gasteiger charge is -2.25. The van der Waals surface area contributed by atoms with Gasteiger partial charge in [-0.2, -0.15) is 0 Å². The summed E-state index contributed by atoms with van der Waals surface area (Å²) >= 11 is 0. The molecule has 0 aliphatic heterocycles. The first kappa shape index (κ1) is 27.9. The summed E-state index contributed by atoms with van der Waals surface area (Å²) in [6.45, 7) is 0. The van der Waals surface area contributed by atoms with Gasteiger partial charge in [0.1, 0.15) is 0 Å². The lowest BCUT2D eigenvalue weighted by molar-refractivity contribution is 1.18. The monoisotopic (exact) mass is 658 g/mol. The first-order valence-corrected chi connectivity index (χ1v) is 18.0. The zero-order chi connectivity index (χ0) is 33.9. The number of hydrogen-bond acceptors (Lipinski definition) is 0. The van der Waals surface area contributed by atoms with Gasteiger partial charge in [-0.25, -0.2) is 0 Å². The summed E-state index contributed by atoms with van der Waals surface area (Å²) < 4.78 is 4.93. The summed E-state index contributed by atoms with van der Waals surface area (Å²) in [4.78, 5) is 0. The van der Waals surface area contributed by atoms with E-state index in [2.05, 4.69) is 191 Å². The molecule has 0 atom stereocenters. The number of aromatic nitrogens is 2. The third-order valence-electron chi connectivity index (χ3n) is 11.4. The van der Waals surface area contributed by atoms with Crippen molar-refractivity contribution in [1.82, 2.24) is 9.13 Å². The Kier molecular flexibility index (Phi) is 5.53. The van der Waals surface area contributed by atoms with Gasteiger partial charge in [-0.1, -0.05) is 133 Å². The van der Waals surface area contributed by atoms with Crippen LogP contribution in [-0.2, 0) is 0 Å². The maximum atomic E-state index is 2.50. The first-order chi connectivity index (χ1) is 25.8. The highest BCUT2D eigenvalue weighted by molar-refractivity contribution is 6.22. The Hall–Kier alpha value is -6.90. The van der Waals surface area contributed by atoms with Gasteiger partial charge in [0.25, 0.3) is 0 Å². The molecule has 2 heteroatoms. The summed E-state index contributed by atoms with van der Waals surface area (Å²) in [5, 5.41) is 10.1. The van der Waals surface area contributed by atoms with Gasteiger partial charge in [0.2, 0.25) is 0 Å². The third-order valence-corrected chi connectivity index (χ3v) is 11.4. The summed E-state index contributed by atoms with van der Waals surface area (Å²) in [6, 6.07) is 67.2. The van der Waals surface area contributed by atoms with Crippen molar-refractivity contribution in [3.63, 3.8) is 0 Å². The molecule has 12 rings (SSSR count). The van der Waals surface area contributed by atoms with Crippen molar-refractivity contribution in [3.8, 4) is 44.8 Å². The smallest absolute Gasteiger partial charge is 0.0625 e. The number of nitrogens with zero attached hydrogens (tertiary/aromatic N) is 2. The van der Waals surface area contributed by atoms with E-state index in [0.29, 0.717) is 0 Å². The minimum Gasteiger partial charge on any atom is -0.309 e. The van der Waals surface area contributed by atoms with Crippen LogP contribution >= 0.6 is 0 Å². The summed E-state index contributed by atoms with van der Waals surface area (Å²) in [7, 11) is 0. The number of fused-ring (bicyclic) bond motifs is 13. The fraction of sp³-hybridized carbons (Fsp3) is 0. The maximum absolute atomic E-state index is 2.50. The van der Waals surface area contributed by atoms with Crippen LogP contribution in [-0.4, -0.2) is 9.13 Å². The van der Waals surface area contributed by atoms with Crippen LogP contribution in [0.25, 0.3) is 110 Å². The Morgan fingerprint density at radius 3 is 1.79 bits per heavy atom. The van der Waals surface area contributed by atoms with E-state index in [-0.39, 0.29) is 0 Å². The van der Waals surface area contributed by atoms with E-state index in [9.17, 15) is 0 Å². The van der Waals surface area contributed by atoms with Crippen LogP contribution in [0.4, 0.5) is 0 Å². The van der Waals surface area contributed by atoms with Gasteiger partial charge in [0.15, 0.2) is 0 Å². The number of benzene rings is 9. The molecule has 0 N–H and O–H groups in total. The van der Waals surface area contributed by atoms with Crippen molar-refractivity contribution in [1.29, 1.82) is 0 Å². The van der Waals surface area contributed by atoms with Crippen LogP contribution in [0, 0.1) is 0 Å². The van der Waals surface area contributed by atoms with Crippen molar-refractivity contribution in [3.05, 3.63) is 182 Å². The van der Waals surface area contributed by atoms with Crippen LogP contribution < -0.4 is 0 Å². The van der Waals surface area contributed by atoms with E-state index in [1.54, 1.807) is 0 Å². The SMILES string of the molecule is c1ccc2c(c1)-c1ccc3c4cc(-c5ccc6c(c5)c5ccccc5n6-c5cccc6ccccc56)ccc4n(-c4ccc5ccccc5c4)c3c1-2. The normalized spacial score (nSPS) is 12.2. The van der Waals surface area contributed by atoms with Crippen LogP contribution in [0.5, 0.6) is 0 Å². The number of hydrogen-bond donors (Lipinski definition) is 0. The fourth-order valence-electron chi connectivity index (χ4n) is 9.06. The van der Waals surface area contributed by atoms with Crippen molar-refractivity contribution in [2.75, 3.05) is 0 Å². The van der Waals surface area contributed by atoms with E-state index in [1.807, 2.05) is 0 Å². The molecule has 0 saturated heterocycles. The highest BCUT2D eigenvalue weighted by Crippen LogP contribution is 2.53. The van der Waals surface area contributed by atoms with Crippen molar-refractivity contribution >= 4 is 65.2 Å². The highest BCUT2D eigenvalue weighted by Gasteiger charge is 2.28. The van der Waals surface area contributed by atoms with Gasteiger partial charge in [-0.05, 0) is 92.5 Å². The molecule has 9 aromatic carbocycles. The molecule has 11 aromatic rings. The van der Waals surface area contributed by atoms with Crippen molar-refractivity contribution < 1.29 is 0 Å². The van der Waals surface area contributed by atoms with Crippen LogP contribution in [0.1, 0.15) is 0 Å². The molecular weight excluding hydrogens is 629 g/mol. The average Bonchev–Trinajstić information content (AvgIpc) is 3.70. The zero-order valence-electron chi connectivity index (χ0n) is 28.2. The highest BCUT2D eigenvalue weighted by atomic mass is 15.0. The quantitative estimate of drug-likeness (QED) is 0.179. The lowest BCUT2D eigenvalue weighted by Crippen LogP contribution is -2.02. The Balaban J connectivity index is 1.10. The molecule has 0 saturated carbocycles. The molecule has 0 spiro atoms. The molecule has 240 valence electrons. The van der Waals surface area contributed by atoms with Gasteiger partial charge >= 0.3 is 0 Å². The van der Waals surface area contributed by atoms with Gasteiger partial charge in [0.05, 0.1) is 27.8 Å². The fourth-order valence-corrected chi connectivity index (χ4v) is 9.06. The molecule has 2 aromatic heterocycles. The van der Waals surface area contributed by atoms with E-state index in [4.69, 9.17) is 0 Å². The predicted molar refractivity (Wildman–Crippen MR) is 220 cm³/mol. The van der Waals surface area contributed by atoms with Crippen molar-refractivity contribution in [2.24, 2.45) is 0 Å². The predicted octanol–water partition coefficient (Wildman–Crippen LogP) is 13.5. The summed E-state index contributed by atoms with van der Waals surface area (Å²) in [5.41, 5.74) is 15.1. The lowest BCUT2D eigenvalue weighted by atomic mass is 9.79. The molecule has 0 unspecified atom stereocenters. The molecule has 2 heterocycles. The summed E-state index contributed by atoms with van der Waals surface area (Å²) in [5.74, 6) is 0. The first-order valence-electron chi connectivity index (χ1n) is 18.0.